The van der Waals surface area contributed by atoms with Crippen molar-refractivity contribution < 1.29 is 26.0 Å². The number of carbonyl (C=O) groups excluding carboxylic acids is 1. The van der Waals surface area contributed by atoms with Gasteiger partial charge in [-0.05, 0) is 31.0 Å². The molecule has 1 unspecified atom stereocenters. The quantitative estimate of drug-likeness (QED) is 0.688. The number of rotatable bonds is 8. The molecule has 152 valence electrons. The Morgan fingerprint density at radius 2 is 2.04 bits per heavy atom. The molecule has 1 atom stereocenters. The van der Waals surface area contributed by atoms with Gasteiger partial charge in [-0.2, -0.15) is 0 Å². The zero-order valence-electron chi connectivity index (χ0n) is 15.4. The molecule has 10 heteroatoms. The molecule has 1 aliphatic rings. The maximum atomic E-state index is 14.3. The van der Waals surface area contributed by atoms with Gasteiger partial charge in [0.05, 0.1) is 22.0 Å². The average Bonchev–Trinajstić information content (AvgIpc) is 2.95. The number of nitrogens with zero attached hydrogens (tertiary/aromatic N) is 1. The molecule has 1 aromatic rings. The Hall–Kier alpha value is -1.52. The number of sulfone groups is 1. The summed E-state index contributed by atoms with van der Waals surface area (Å²) >= 11 is 0. The second kappa shape index (κ2) is 8.66. The molecule has 1 fully saturated rings. The summed E-state index contributed by atoms with van der Waals surface area (Å²) in [5.41, 5.74) is -0.366. The first-order chi connectivity index (χ1) is 12.6. The lowest BCUT2D eigenvalue weighted by atomic mass is 10.1. The van der Waals surface area contributed by atoms with Crippen molar-refractivity contribution in [3.05, 3.63) is 29.6 Å². The minimum absolute atomic E-state index is 0.00903. The lowest BCUT2D eigenvalue weighted by Gasteiger charge is -2.28. The summed E-state index contributed by atoms with van der Waals surface area (Å²) in [6.07, 6.45) is 1.72. The van der Waals surface area contributed by atoms with Gasteiger partial charge in [0.15, 0.2) is 9.84 Å². The molecule has 0 bridgehead atoms. The van der Waals surface area contributed by atoms with Crippen LogP contribution in [0.3, 0.4) is 0 Å². The van der Waals surface area contributed by atoms with Gasteiger partial charge in [-0.25, -0.2) is 25.9 Å². The third-order valence-corrected chi connectivity index (χ3v) is 7.77. The van der Waals surface area contributed by atoms with E-state index < -0.39 is 37.6 Å². The normalized spacial score (nSPS) is 19.1. The fourth-order valence-corrected chi connectivity index (χ4v) is 5.86. The van der Waals surface area contributed by atoms with Crippen molar-refractivity contribution in [2.45, 2.75) is 44.0 Å². The predicted molar refractivity (Wildman–Crippen MR) is 100 cm³/mol. The van der Waals surface area contributed by atoms with Crippen LogP contribution < -0.4 is 4.72 Å². The SMILES string of the molecule is CCCCN(C(=O)c1cc(S(=O)(=O)NCC)ccc1F)C1CCS(=O)(=O)C1. The van der Waals surface area contributed by atoms with E-state index in [4.69, 9.17) is 0 Å². The van der Waals surface area contributed by atoms with Gasteiger partial charge in [0, 0.05) is 19.1 Å². The van der Waals surface area contributed by atoms with E-state index in [0.717, 1.165) is 24.6 Å². The maximum Gasteiger partial charge on any atom is 0.257 e. The molecule has 0 saturated carbocycles. The monoisotopic (exact) mass is 420 g/mol. The van der Waals surface area contributed by atoms with Crippen LogP contribution in [-0.2, 0) is 19.9 Å². The molecule has 1 heterocycles. The summed E-state index contributed by atoms with van der Waals surface area (Å²) in [5, 5.41) is 0. The number of sulfonamides is 1. The van der Waals surface area contributed by atoms with Crippen molar-refractivity contribution in [2.75, 3.05) is 24.6 Å². The Kier molecular flexibility index (Phi) is 6.98. The first kappa shape index (κ1) is 21.8. The fraction of sp³-hybridized carbons (Fsp3) is 0.588. The minimum atomic E-state index is -3.85. The van der Waals surface area contributed by atoms with Gasteiger partial charge in [0.25, 0.3) is 5.91 Å². The molecule has 0 aromatic heterocycles. The first-order valence-corrected chi connectivity index (χ1v) is 12.2. The summed E-state index contributed by atoms with van der Waals surface area (Å²) in [6, 6.07) is 2.53. The molecular formula is C17H25FN2O5S2. The number of unbranched alkanes of at least 4 members (excludes halogenated alkanes) is 1. The highest BCUT2D eigenvalue weighted by atomic mass is 32.2. The number of benzene rings is 1. The molecule has 1 amide bonds. The lowest BCUT2D eigenvalue weighted by Crippen LogP contribution is -2.42. The number of amides is 1. The molecule has 0 spiro atoms. The average molecular weight is 421 g/mol. The molecule has 7 nitrogen and oxygen atoms in total. The largest absolute Gasteiger partial charge is 0.335 e. The lowest BCUT2D eigenvalue weighted by molar-refractivity contribution is 0.0689. The van der Waals surface area contributed by atoms with Crippen LogP contribution in [0.4, 0.5) is 4.39 Å². The third-order valence-electron chi connectivity index (χ3n) is 4.48. The summed E-state index contributed by atoms with van der Waals surface area (Å²) in [5.74, 6) is -1.68. The summed E-state index contributed by atoms with van der Waals surface area (Å²) < 4.78 is 64.6. The Bertz CT molecular complexity index is 900. The van der Waals surface area contributed by atoms with Crippen molar-refractivity contribution in [2.24, 2.45) is 0 Å². The molecule has 1 N–H and O–H groups in total. The molecule has 1 aliphatic heterocycles. The number of hydrogen-bond acceptors (Lipinski definition) is 5. The smallest absolute Gasteiger partial charge is 0.257 e. The van der Waals surface area contributed by atoms with Crippen LogP contribution in [0, 0.1) is 5.82 Å². The molecule has 27 heavy (non-hydrogen) atoms. The minimum Gasteiger partial charge on any atom is -0.335 e. The van der Waals surface area contributed by atoms with Crippen LogP contribution in [0.25, 0.3) is 0 Å². The second-order valence-corrected chi connectivity index (χ2v) is 10.5. The van der Waals surface area contributed by atoms with E-state index in [1.165, 1.54) is 4.90 Å². The van der Waals surface area contributed by atoms with Gasteiger partial charge in [-0.1, -0.05) is 20.3 Å². The van der Waals surface area contributed by atoms with Gasteiger partial charge < -0.3 is 4.90 Å². The van der Waals surface area contributed by atoms with Crippen LogP contribution in [0.15, 0.2) is 23.1 Å². The van der Waals surface area contributed by atoms with Crippen LogP contribution in [0.1, 0.15) is 43.5 Å². The van der Waals surface area contributed by atoms with Crippen molar-refractivity contribution in [1.82, 2.24) is 9.62 Å². The number of halogens is 1. The highest BCUT2D eigenvalue weighted by Gasteiger charge is 2.35. The zero-order valence-corrected chi connectivity index (χ0v) is 17.1. The zero-order chi connectivity index (χ0) is 20.2. The number of hydrogen-bond donors (Lipinski definition) is 1. The van der Waals surface area contributed by atoms with Gasteiger partial charge in [0.2, 0.25) is 10.0 Å². The van der Waals surface area contributed by atoms with Crippen molar-refractivity contribution in [3.63, 3.8) is 0 Å². The van der Waals surface area contributed by atoms with Gasteiger partial charge >= 0.3 is 0 Å². The Labute approximate surface area is 159 Å². The van der Waals surface area contributed by atoms with Gasteiger partial charge in [-0.15, -0.1) is 0 Å². The van der Waals surface area contributed by atoms with E-state index in [9.17, 15) is 26.0 Å². The van der Waals surface area contributed by atoms with Crippen molar-refractivity contribution in [3.8, 4) is 0 Å². The third kappa shape index (κ3) is 5.26. The maximum absolute atomic E-state index is 14.3. The molecule has 1 saturated heterocycles. The van der Waals surface area contributed by atoms with E-state index >= 15 is 0 Å². The number of carbonyl (C=O) groups is 1. The Morgan fingerprint density at radius 1 is 1.33 bits per heavy atom. The van der Waals surface area contributed by atoms with Crippen LogP contribution in [0.2, 0.25) is 0 Å². The summed E-state index contributed by atoms with van der Waals surface area (Å²) in [7, 11) is -7.07. The van der Waals surface area contributed by atoms with Gasteiger partial charge in [0.1, 0.15) is 5.82 Å². The highest BCUT2D eigenvalue weighted by molar-refractivity contribution is 7.91. The fourth-order valence-electron chi connectivity index (χ4n) is 3.06. The molecule has 1 aromatic carbocycles. The molecular weight excluding hydrogens is 395 g/mol. The molecule has 2 rings (SSSR count). The van der Waals surface area contributed by atoms with E-state index in [-0.39, 0.29) is 28.5 Å². The van der Waals surface area contributed by atoms with Crippen LogP contribution in [-0.4, -0.2) is 58.3 Å². The van der Waals surface area contributed by atoms with Crippen molar-refractivity contribution in [1.29, 1.82) is 0 Å². The Morgan fingerprint density at radius 3 is 2.59 bits per heavy atom. The first-order valence-electron chi connectivity index (χ1n) is 8.92. The van der Waals surface area contributed by atoms with E-state index in [2.05, 4.69) is 4.72 Å². The van der Waals surface area contributed by atoms with Gasteiger partial charge in [-0.3, -0.25) is 4.79 Å². The molecule has 0 radical (unpaired) electrons. The summed E-state index contributed by atoms with van der Waals surface area (Å²) in [4.78, 5) is 14.1. The van der Waals surface area contributed by atoms with E-state index in [0.29, 0.717) is 19.4 Å². The summed E-state index contributed by atoms with van der Waals surface area (Å²) in [6.45, 7) is 3.99. The standard InChI is InChI=1S/C17H25FN2O5S2/c1-3-5-9-20(13-8-10-26(22,23)12-13)17(21)15-11-14(6-7-16(15)18)27(24,25)19-4-2/h6-7,11,13,19H,3-5,8-10,12H2,1-2H3. The van der Waals surface area contributed by atoms with E-state index in [1.54, 1.807) is 6.92 Å². The van der Waals surface area contributed by atoms with E-state index in [1.807, 2.05) is 6.92 Å². The predicted octanol–water partition coefficient (Wildman–Crippen LogP) is 1.55. The number of nitrogens with one attached hydrogen (secondary N) is 1. The van der Waals surface area contributed by atoms with Crippen molar-refractivity contribution >= 4 is 25.8 Å². The highest BCUT2D eigenvalue weighted by Crippen LogP contribution is 2.23. The van der Waals surface area contributed by atoms with Crippen LogP contribution in [0.5, 0.6) is 0 Å². The Balaban J connectivity index is 2.39. The second-order valence-electron chi connectivity index (χ2n) is 6.55. The topological polar surface area (TPSA) is 101 Å². The van der Waals surface area contributed by atoms with Crippen LogP contribution >= 0.6 is 0 Å². The molecule has 0 aliphatic carbocycles.